The van der Waals surface area contributed by atoms with Gasteiger partial charge in [-0.2, -0.15) is 10.2 Å². The molecule has 1 N–H and O–H groups in total. The molecule has 0 aliphatic heterocycles. The molecule has 0 radical (unpaired) electrons. The average Bonchev–Trinajstić information content (AvgIpc) is 2.85. The van der Waals surface area contributed by atoms with E-state index >= 15 is 0 Å². The Bertz CT molecular complexity index is 620. The molecule has 0 bridgehead atoms. The number of anilines is 1. The van der Waals surface area contributed by atoms with Crippen LogP contribution in [0.15, 0.2) is 47.5 Å². The van der Waals surface area contributed by atoms with Gasteiger partial charge in [0.2, 0.25) is 0 Å². The third-order valence-electron chi connectivity index (χ3n) is 2.47. The zero-order valence-electron chi connectivity index (χ0n) is 9.00. The summed E-state index contributed by atoms with van der Waals surface area (Å²) in [7, 11) is 0. The molecule has 5 nitrogen and oxygen atoms in total. The summed E-state index contributed by atoms with van der Waals surface area (Å²) in [4.78, 5) is 4.07. The third kappa shape index (κ3) is 2.08. The van der Waals surface area contributed by atoms with Gasteiger partial charge in [0.25, 0.3) is 0 Å². The number of rotatable bonds is 3. The van der Waals surface area contributed by atoms with Gasteiger partial charge in [0.1, 0.15) is 5.52 Å². The van der Waals surface area contributed by atoms with Crippen LogP contribution in [0.25, 0.3) is 11.1 Å². The molecule has 2 aromatic heterocycles. The highest BCUT2D eigenvalue weighted by atomic mass is 16.3. The number of benzene rings is 1. The van der Waals surface area contributed by atoms with Gasteiger partial charge < -0.3 is 9.73 Å². The summed E-state index contributed by atoms with van der Waals surface area (Å²) in [6, 6.07) is 7.75. The predicted octanol–water partition coefficient (Wildman–Crippen LogP) is 2.23. The first-order valence-electron chi connectivity index (χ1n) is 5.24. The largest absolute Gasteiger partial charge is 0.443 e. The van der Waals surface area contributed by atoms with Gasteiger partial charge in [0, 0.05) is 24.5 Å². The van der Waals surface area contributed by atoms with Crippen molar-refractivity contribution in [3.05, 3.63) is 48.6 Å². The minimum absolute atomic E-state index is 0.704. The third-order valence-corrected chi connectivity index (χ3v) is 2.47. The maximum Gasteiger partial charge on any atom is 0.181 e. The fraction of sp³-hybridized carbons (Fsp3) is 0.0833. The van der Waals surface area contributed by atoms with Crippen molar-refractivity contribution in [2.45, 2.75) is 6.54 Å². The zero-order chi connectivity index (χ0) is 11.5. The van der Waals surface area contributed by atoms with Gasteiger partial charge in [-0.1, -0.05) is 0 Å². The Morgan fingerprint density at radius 3 is 3.06 bits per heavy atom. The molecule has 5 heteroatoms. The zero-order valence-corrected chi connectivity index (χ0v) is 9.00. The summed E-state index contributed by atoms with van der Waals surface area (Å²) in [6.07, 6.45) is 4.86. The molecule has 17 heavy (non-hydrogen) atoms. The van der Waals surface area contributed by atoms with E-state index in [2.05, 4.69) is 20.5 Å². The van der Waals surface area contributed by atoms with Gasteiger partial charge in [0.15, 0.2) is 12.0 Å². The van der Waals surface area contributed by atoms with Crippen LogP contribution in [-0.2, 0) is 6.54 Å². The Morgan fingerprint density at radius 2 is 2.18 bits per heavy atom. The van der Waals surface area contributed by atoms with Crippen LogP contribution in [-0.4, -0.2) is 15.2 Å². The van der Waals surface area contributed by atoms with E-state index in [-0.39, 0.29) is 0 Å². The van der Waals surface area contributed by atoms with E-state index in [9.17, 15) is 0 Å². The molecular weight excluding hydrogens is 216 g/mol. The first-order valence-corrected chi connectivity index (χ1v) is 5.24. The smallest absolute Gasteiger partial charge is 0.181 e. The second kappa shape index (κ2) is 4.21. The normalized spacial score (nSPS) is 10.6. The van der Waals surface area contributed by atoms with Crippen LogP contribution in [0, 0.1) is 0 Å². The maximum atomic E-state index is 5.24. The molecule has 0 atom stereocenters. The Balaban J connectivity index is 1.76. The van der Waals surface area contributed by atoms with Gasteiger partial charge in [-0.15, -0.1) is 0 Å². The fourth-order valence-electron chi connectivity index (χ4n) is 1.59. The van der Waals surface area contributed by atoms with Crippen LogP contribution in [0.3, 0.4) is 0 Å². The van der Waals surface area contributed by atoms with E-state index in [4.69, 9.17) is 4.42 Å². The quantitative estimate of drug-likeness (QED) is 0.741. The van der Waals surface area contributed by atoms with E-state index in [1.807, 2.05) is 24.3 Å². The van der Waals surface area contributed by atoms with Crippen molar-refractivity contribution in [2.75, 3.05) is 5.32 Å². The minimum Gasteiger partial charge on any atom is -0.443 e. The lowest BCUT2D eigenvalue weighted by molar-refractivity contribution is 0.602. The number of nitrogens with zero attached hydrogens (tertiary/aromatic N) is 3. The molecule has 0 aliphatic carbocycles. The lowest BCUT2D eigenvalue weighted by atomic mass is 10.2. The first kappa shape index (κ1) is 9.77. The fourth-order valence-corrected chi connectivity index (χ4v) is 1.59. The van der Waals surface area contributed by atoms with Crippen molar-refractivity contribution in [3.63, 3.8) is 0 Å². The van der Waals surface area contributed by atoms with Crippen LogP contribution >= 0.6 is 0 Å². The van der Waals surface area contributed by atoms with Crippen molar-refractivity contribution < 1.29 is 4.42 Å². The van der Waals surface area contributed by atoms with E-state index in [1.165, 1.54) is 6.39 Å². The topological polar surface area (TPSA) is 63.8 Å². The highest BCUT2D eigenvalue weighted by Crippen LogP contribution is 2.18. The molecule has 0 fully saturated rings. The Kier molecular flexibility index (Phi) is 2.42. The monoisotopic (exact) mass is 226 g/mol. The maximum absolute atomic E-state index is 5.24. The van der Waals surface area contributed by atoms with E-state index < -0.39 is 0 Å². The lowest BCUT2D eigenvalue weighted by Gasteiger charge is -2.05. The molecule has 3 aromatic rings. The van der Waals surface area contributed by atoms with E-state index in [1.54, 1.807) is 12.4 Å². The minimum atomic E-state index is 0.704. The molecule has 0 spiro atoms. The molecule has 0 unspecified atom stereocenters. The number of hydrogen-bond donors (Lipinski definition) is 1. The summed E-state index contributed by atoms with van der Waals surface area (Å²) >= 11 is 0. The second-order valence-corrected chi connectivity index (χ2v) is 3.64. The predicted molar refractivity (Wildman–Crippen MR) is 63.4 cm³/mol. The molecule has 2 heterocycles. The summed E-state index contributed by atoms with van der Waals surface area (Å²) in [5.74, 6) is 0. The van der Waals surface area contributed by atoms with Crippen molar-refractivity contribution >= 4 is 16.8 Å². The number of hydrogen-bond acceptors (Lipinski definition) is 5. The molecule has 3 rings (SSSR count). The van der Waals surface area contributed by atoms with Gasteiger partial charge in [-0.05, 0) is 23.8 Å². The van der Waals surface area contributed by atoms with E-state index in [0.717, 1.165) is 22.4 Å². The van der Waals surface area contributed by atoms with Crippen molar-refractivity contribution in [3.8, 4) is 0 Å². The SMILES string of the molecule is c1cc(CNc2ccc3ncoc3c2)cnn1. The molecule has 0 amide bonds. The van der Waals surface area contributed by atoms with Crippen LogP contribution in [0.4, 0.5) is 5.69 Å². The Labute approximate surface area is 97.5 Å². The van der Waals surface area contributed by atoms with Gasteiger partial charge in [0.05, 0.1) is 6.20 Å². The van der Waals surface area contributed by atoms with Crippen LogP contribution in [0.5, 0.6) is 0 Å². The molecule has 0 saturated carbocycles. The van der Waals surface area contributed by atoms with E-state index in [0.29, 0.717) is 6.54 Å². The van der Waals surface area contributed by atoms with Crippen molar-refractivity contribution in [1.82, 2.24) is 15.2 Å². The number of oxazole rings is 1. The number of aromatic nitrogens is 3. The number of fused-ring (bicyclic) bond motifs is 1. The summed E-state index contributed by atoms with van der Waals surface area (Å²) in [6.45, 7) is 0.704. The Morgan fingerprint density at radius 1 is 1.18 bits per heavy atom. The highest BCUT2D eigenvalue weighted by Gasteiger charge is 2.00. The second-order valence-electron chi connectivity index (χ2n) is 3.64. The summed E-state index contributed by atoms with van der Waals surface area (Å²) in [5, 5.41) is 10.8. The summed E-state index contributed by atoms with van der Waals surface area (Å²) < 4.78 is 5.24. The Hall–Kier alpha value is -2.43. The first-order chi connectivity index (χ1) is 8.42. The van der Waals surface area contributed by atoms with Crippen LogP contribution in [0.2, 0.25) is 0 Å². The van der Waals surface area contributed by atoms with Crippen LogP contribution < -0.4 is 5.32 Å². The number of nitrogens with one attached hydrogen (secondary N) is 1. The lowest BCUT2D eigenvalue weighted by Crippen LogP contribution is -1.99. The summed E-state index contributed by atoms with van der Waals surface area (Å²) in [5.41, 5.74) is 3.72. The van der Waals surface area contributed by atoms with Gasteiger partial charge in [-0.25, -0.2) is 4.98 Å². The molecule has 0 aliphatic rings. The average molecular weight is 226 g/mol. The standard InChI is InChI=1S/C12H10N4O/c1-2-11-12(17-8-14-11)5-10(1)13-6-9-3-4-15-16-7-9/h1-5,7-8,13H,6H2. The molecule has 84 valence electrons. The van der Waals surface area contributed by atoms with Gasteiger partial charge >= 0.3 is 0 Å². The molecular formula is C12H10N4O. The van der Waals surface area contributed by atoms with Crippen LogP contribution in [0.1, 0.15) is 5.56 Å². The van der Waals surface area contributed by atoms with Gasteiger partial charge in [-0.3, -0.25) is 0 Å². The van der Waals surface area contributed by atoms with Crippen molar-refractivity contribution in [1.29, 1.82) is 0 Å². The molecule has 0 saturated heterocycles. The van der Waals surface area contributed by atoms with Crippen molar-refractivity contribution in [2.24, 2.45) is 0 Å². The highest BCUT2D eigenvalue weighted by molar-refractivity contribution is 5.76. The molecule has 1 aromatic carbocycles.